The van der Waals surface area contributed by atoms with E-state index in [0.717, 1.165) is 44.8 Å². The maximum atomic E-state index is 12.7. The molecule has 0 atom stereocenters. The van der Waals surface area contributed by atoms with Gasteiger partial charge in [0.25, 0.3) is 5.91 Å². The largest absolute Gasteiger partial charge is 0.481 e. The monoisotopic (exact) mass is 368 g/mol. The molecule has 0 spiro atoms. The summed E-state index contributed by atoms with van der Waals surface area (Å²) in [7, 11) is 1.58. The van der Waals surface area contributed by atoms with E-state index in [0.29, 0.717) is 17.4 Å². The second kappa shape index (κ2) is 7.71. The number of hydrogen-bond acceptors (Lipinski definition) is 4. The zero-order valence-corrected chi connectivity index (χ0v) is 16.2. The topological polar surface area (TPSA) is 60.2 Å². The summed E-state index contributed by atoms with van der Waals surface area (Å²) in [5, 5.41) is 0. The third-order valence-electron chi connectivity index (χ3n) is 5.84. The van der Waals surface area contributed by atoms with Gasteiger partial charge in [0.05, 0.1) is 12.7 Å². The molecule has 1 aliphatic heterocycles. The second-order valence-electron chi connectivity index (χ2n) is 7.90. The smallest absolute Gasteiger partial charge is 0.255 e. The van der Waals surface area contributed by atoms with Crippen molar-refractivity contribution in [3.63, 3.8) is 0 Å². The molecule has 6 heteroatoms. The summed E-state index contributed by atoms with van der Waals surface area (Å²) >= 11 is 0. The van der Waals surface area contributed by atoms with Crippen LogP contribution in [0.3, 0.4) is 0 Å². The molecule has 2 aromatic heterocycles. The minimum Gasteiger partial charge on any atom is -0.481 e. The molecule has 1 aliphatic carbocycles. The average Bonchev–Trinajstić information content (AvgIpc) is 3.47. The van der Waals surface area contributed by atoms with Crippen molar-refractivity contribution < 1.29 is 9.53 Å². The van der Waals surface area contributed by atoms with E-state index in [1.165, 1.54) is 24.4 Å². The fourth-order valence-electron chi connectivity index (χ4n) is 3.89. The van der Waals surface area contributed by atoms with Crippen LogP contribution in [0, 0.1) is 18.8 Å². The summed E-state index contributed by atoms with van der Waals surface area (Å²) in [5.41, 5.74) is 1.90. The van der Waals surface area contributed by atoms with E-state index in [2.05, 4.69) is 21.5 Å². The summed E-state index contributed by atoms with van der Waals surface area (Å²) < 4.78 is 7.48. The van der Waals surface area contributed by atoms with Gasteiger partial charge in [-0.1, -0.05) is 0 Å². The minimum atomic E-state index is 0.0645. The molecule has 0 N–H and O–H groups in total. The average molecular weight is 368 g/mol. The van der Waals surface area contributed by atoms with Crippen molar-refractivity contribution in [3.05, 3.63) is 41.6 Å². The Balaban J connectivity index is 1.33. The fourth-order valence-corrected chi connectivity index (χ4v) is 3.89. The van der Waals surface area contributed by atoms with Gasteiger partial charge in [0.15, 0.2) is 0 Å². The molecule has 6 nitrogen and oxygen atoms in total. The van der Waals surface area contributed by atoms with Crippen LogP contribution < -0.4 is 4.74 Å². The lowest BCUT2D eigenvalue weighted by Gasteiger charge is -2.32. The number of rotatable bonds is 6. The first-order valence-corrected chi connectivity index (χ1v) is 9.94. The van der Waals surface area contributed by atoms with E-state index >= 15 is 0 Å². The first kappa shape index (κ1) is 18.0. The van der Waals surface area contributed by atoms with Gasteiger partial charge < -0.3 is 14.2 Å². The van der Waals surface area contributed by atoms with Gasteiger partial charge in [-0.2, -0.15) is 0 Å². The number of methoxy groups -OCH3 is 1. The van der Waals surface area contributed by atoms with Crippen molar-refractivity contribution in [1.82, 2.24) is 19.4 Å². The molecule has 144 valence electrons. The van der Waals surface area contributed by atoms with Gasteiger partial charge in [-0.3, -0.25) is 4.79 Å². The maximum Gasteiger partial charge on any atom is 0.255 e. The summed E-state index contributed by atoms with van der Waals surface area (Å²) in [6.45, 7) is 4.89. The number of imidazole rings is 1. The molecule has 1 saturated heterocycles. The molecule has 1 amide bonds. The van der Waals surface area contributed by atoms with Gasteiger partial charge in [0.2, 0.25) is 5.88 Å². The fraction of sp³-hybridized carbons (Fsp3) is 0.571. The number of aryl methyl sites for hydroxylation is 1. The molecular weight excluding hydrogens is 340 g/mol. The quantitative estimate of drug-likeness (QED) is 0.786. The molecule has 0 radical (unpaired) electrons. The first-order valence-electron chi connectivity index (χ1n) is 9.94. The second-order valence-corrected chi connectivity index (χ2v) is 7.90. The van der Waals surface area contributed by atoms with Gasteiger partial charge in [-0.25, -0.2) is 9.97 Å². The van der Waals surface area contributed by atoms with E-state index in [9.17, 15) is 4.79 Å². The van der Waals surface area contributed by atoms with Crippen molar-refractivity contribution >= 4 is 5.91 Å². The highest BCUT2D eigenvalue weighted by atomic mass is 16.5. The lowest BCUT2D eigenvalue weighted by molar-refractivity contribution is 0.0689. The zero-order valence-electron chi connectivity index (χ0n) is 16.2. The summed E-state index contributed by atoms with van der Waals surface area (Å²) in [4.78, 5) is 23.4. The van der Waals surface area contributed by atoms with Crippen LogP contribution in [-0.4, -0.2) is 45.5 Å². The maximum absolute atomic E-state index is 12.7. The number of carbonyl (C=O) groups is 1. The molecule has 0 unspecified atom stereocenters. The number of hydrogen-bond donors (Lipinski definition) is 0. The van der Waals surface area contributed by atoms with Crippen molar-refractivity contribution in [2.45, 2.75) is 45.6 Å². The predicted molar refractivity (Wildman–Crippen MR) is 103 cm³/mol. The Hall–Kier alpha value is -2.37. The number of likely N-dealkylation sites (tertiary alicyclic amines) is 1. The first-order chi connectivity index (χ1) is 13.1. The molecule has 4 rings (SSSR count). The van der Waals surface area contributed by atoms with E-state index in [1.807, 2.05) is 11.1 Å². The third kappa shape index (κ3) is 4.15. The Bertz CT molecular complexity index is 787. The van der Waals surface area contributed by atoms with Crippen LogP contribution in [0.25, 0.3) is 0 Å². The normalized spacial score (nSPS) is 17.9. The highest BCUT2D eigenvalue weighted by Crippen LogP contribution is 2.32. The molecular formula is C21H28N4O2. The van der Waals surface area contributed by atoms with Gasteiger partial charge >= 0.3 is 0 Å². The number of pyridine rings is 1. The predicted octanol–water partition coefficient (Wildman–Crippen LogP) is 3.10. The van der Waals surface area contributed by atoms with Crippen LogP contribution >= 0.6 is 0 Å². The molecule has 0 bridgehead atoms. The van der Waals surface area contributed by atoms with Crippen LogP contribution in [0.2, 0.25) is 0 Å². The molecule has 0 aromatic carbocycles. The third-order valence-corrected chi connectivity index (χ3v) is 5.84. The summed E-state index contributed by atoms with van der Waals surface area (Å²) in [6.07, 6.45) is 9.41. The molecule has 1 saturated carbocycles. The van der Waals surface area contributed by atoms with Crippen molar-refractivity contribution in [2.24, 2.45) is 11.8 Å². The number of carbonyl (C=O) groups excluding carboxylic acids is 1. The van der Waals surface area contributed by atoms with Gasteiger partial charge in [0, 0.05) is 50.2 Å². The lowest BCUT2D eigenvalue weighted by Crippen LogP contribution is -2.39. The summed E-state index contributed by atoms with van der Waals surface area (Å²) in [6, 6.07) is 3.53. The minimum absolute atomic E-state index is 0.0645. The number of aromatic nitrogens is 3. The van der Waals surface area contributed by atoms with Crippen LogP contribution in [0.15, 0.2) is 24.5 Å². The Morgan fingerprint density at radius 2 is 1.89 bits per heavy atom. The molecule has 2 aliphatic rings. The van der Waals surface area contributed by atoms with Gasteiger partial charge in [-0.15, -0.1) is 0 Å². The molecule has 2 aromatic rings. The standard InChI is InChI=1S/C21H28N4O2/c1-15-12-22-19(25(15)14-17-3-4-17)11-16-7-9-24(10-8-16)21(26)18-5-6-20(27-2)23-13-18/h5-6,12-13,16-17H,3-4,7-11,14H2,1-2H3. The van der Waals surface area contributed by atoms with Gasteiger partial charge in [0.1, 0.15) is 5.82 Å². The number of piperidine rings is 1. The van der Waals surface area contributed by atoms with Crippen LogP contribution in [-0.2, 0) is 13.0 Å². The van der Waals surface area contributed by atoms with Crippen molar-refractivity contribution in [2.75, 3.05) is 20.2 Å². The Kier molecular flexibility index (Phi) is 5.14. The van der Waals surface area contributed by atoms with E-state index < -0.39 is 0 Å². The van der Waals surface area contributed by atoms with E-state index in [4.69, 9.17) is 4.74 Å². The highest BCUT2D eigenvalue weighted by Gasteiger charge is 2.27. The number of amides is 1. The van der Waals surface area contributed by atoms with Crippen LogP contribution in [0.1, 0.15) is 47.6 Å². The zero-order chi connectivity index (χ0) is 18.8. The van der Waals surface area contributed by atoms with Crippen LogP contribution in [0.5, 0.6) is 5.88 Å². The lowest BCUT2D eigenvalue weighted by atomic mass is 9.93. The Labute approximate surface area is 160 Å². The summed E-state index contributed by atoms with van der Waals surface area (Å²) in [5.74, 6) is 3.28. The Morgan fingerprint density at radius 1 is 1.11 bits per heavy atom. The Morgan fingerprint density at radius 3 is 2.52 bits per heavy atom. The molecule has 27 heavy (non-hydrogen) atoms. The highest BCUT2D eigenvalue weighted by molar-refractivity contribution is 5.94. The molecule has 2 fully saturated rings. The van der Waals surface area contributed by atoms with Crippen molar-refractivity contribution in [3.8, 4) is 5.88 Å². The number of ether oxygens (including phenoxy) is 1. The van der Waals surface area contributed by atoms with Crippen molar-refractivity contribution in [1.29, 1.82) is 0 Å². The van der Waals surface area contributed by atoms with Gasteiger partial charge in [-0.05, 0) is 50.5 Å². The SMILES string of the molecule is COc1ccc(C(=O)N2CCC(Cc3ncc(C)n3CC3CC3)CC2)cn1. The number of nitrogens with zero attached hydrogens (tertiary/aromatic N) is 4. The van der Waals surface area contributed by atoms with Crippen LogP contribution in [0.4, 0.5) is 0 Å². The molecule has 3 heterocycles. The van der Waals surface area contributed by atoms with E-state index in [1.54, 1.807) is 25.4 Å². The van der Waals surface area contributed by atoms with E-state index in [-0.39, 0.29) is 5.91 Å².